The summed E-state index contributed by atoms with van der Waals surface area (Å²) in [6, 6.07) is 12.8. The van der Waals surface area contributed by atoms with Crippen LogP contribution in [0.1, 0.15) is 65.8 Å². The minimum absolute atomic E-state index is 0.00237. The number of carbonyl (C=O) groups excluding carboxylic acids is 1. The minimum Gasteiger partial charge on any atom is -0.324 e. The molecule has 0 aliphatic heterocycles. The van der Waals surface area contributed by atoms with Gasteiger partial charge in [-0.15, -0.1) is 5.10 Å². The van der Waals surface area contributed by atoms with Crippen LogP contribution in [0.2, 0.25) is 0 Å². The van der Waals surface area contributed by atoms with Crippen molar-refractivity contribution < 1.29 is 9.18 Å². The molecule has 1 saturated carbocycles. The van der Waals surface area contributed by atoms with Gasteiger partial charge in [0.25, 0.3) is 0 Å². The van der Waals surface area contributed by atoms with Gasteiger partial charge in [0.2, 0.25) is 5.95 Å². The monoisotopic (exact) mass is 498 g/mol. The standard InChI is InChI=1S/C29H31FN6O/c1-5-36-29(33-27-14-24(18(3)31-4)22(16-37)12-17(27)2)34-28(35-36)20-8-10-23(25(30)13-20)21-9-11-26(32-15-21)19-6-7-19/h8-16,18-19,31H,5-7H2,1-4H3,(H,33,34,35). The van der Waals surface area contributed by atoms with Crippen LogP contribution in [0.25, 0.3) is 22.5 Å². The number of nitrogens with zero attached hydrogens (tertiary/aromatic N) is 4. The van der Waals surface area contributed by atoms with E-state index >= 15 is 4.39 Å². The van der Waals surface area contributed by atoms with Gasteiger partial charge in [0.05, 0.1) is 0 Å². The van der Waals surface area contributed by atoms with Crippen LogP contribution in [0.15, 0.2) is 48.7 Å². The van der Waals surface area contributed by atoms with Crippen LogP contribution >= 0.6 is 0 Å². The molecule has 2 aromatic heterocycles. The van der Waals surface area contributed by atoms with Crippen molar-refractivity contribution in [3.63, 3.8) is 0 Å². The van der Waals surface area contributed by atoms with E-state index in [0.717, 1.165) is 34.4 Å². The summed E-state index contributed by atoms with van der Waals surface area (Å²) in [5.41, 5.74) is 6.22. The molecule has 0 spiro atoms. The molecule has 1 unspecified atom stereocenters. The van der Waals surface area contributed by atoms with E-state index in [9.17, 15) is 4.79 Å². The number of aldehydes is 1. The first-order chi connectivity index (χ1) is 17.9. The summed E-state index contributed by atoms with van der Waals surface area (Å²) in [6.45, 7) is 6.50. The number of anilines is 2. The van der Waals surface area contributed by atoms with Crippen molar-refractivity contribution in [2.45, 2.75) is 52.1 Å². The summed E-state index contributed by atoms with van der Waals surface area (Å²) < 4.78 is 16.9. The van der Waals surface area contributed by atoms with Crippen molar-refractivity contribution in [3.05, 3.63) is 76.9 Å². The van der Waals surface area contributed by atoms with Crippen molar-refractivity contribution in [3.8, 4) is 22.5 Å². The zero-order chi connectivity index (χ0) is 26.1. The quantitative estimate of drug-likeness (QED) is 0.268. The highest BCUT2D eigenvalue weighted by atomic mass is 19.1. The third kappa shape index (κ3) is 5.02. The molecule has 2 N–H and O–H groups in total. The molecule has 5 rings (SSSR count). The molecule has 1 atom stereocenters. The van der Waals surface area contributed by atoms with E-state index in [1.165, 1.54) is 18.9 Å². The number of benzene rings is 2. The molecule has 2 heterocycles. The van der Waals surface area contributed by atoms with Crippen LogP contribution in [0.4, 0.5) is 16.0 Å². The molecular weight excluding hydrogens is 467 g/mol. The summed E-state index contributed by atoms with van der Waals surface area (Å²) in [7, 11) is 1.86. The van der Waals surface area contributed by atoms with Crippen LogP contribution in [0, 0.1) is 12.7 Å². The van der Waals surface area contributed by atoms with E-state index in [2.05, 4.69) is 25.7 Å². The van der Waals surface area contributed by atoms with E-state index in [-0.39, 0.29) is 11.9 Å². The minimum atomic E-state index is -0.341. The van der Waals surface area contributed by atoms with Crippen molar-refractivity contribution >= 4 is 17.9 Å². The maximum atomic E-state index is 15.2. The van der Waals surface area contributed by atoms with Crippen LogP contribution in [-0.4, -0.2) is 33.1 Å². The van der Waals surface area contributed by atoms with Crippen LogP contribution in [0.3, 0.4) is 0 Å². The fraction of sp³-hybridized carbons (Fsp3) is 0.310. The molecule has 1 fully saturated rings. The molecule has 190 valence electrons. The normalized spacial score (nSPS) is 14.0. The smallest absolute Gasteiger partial charge is 0.226 e. The Bertz CT molecular complexity index is 1440. The van der Waals surface area contributed by atoms with Gasteiger partial charge in [-0.3, -0.25) is 9.78 Å². The summed E-state index contributed by atoms with van der Waals surface area (Å²) >= 11 is 0. The Morgan fingerprint density at radius 3 is 2.57 bits per heavy atom. The molecule has 0 bridgehead atoms. The number of nitrogens with one attached hydrogen (secondary N) is 2. The Kier molecular flexibility index (Phi) is 6.84. The number of pyridine rings is 1. The SMILES string of the molecule is CCn1nc(-c2ccc(-c3ccc(C4CC4)nc3)c(F)c2)nc1Nc1cc(C(C)NC)c(C=O)cc1C. The van der Waals surface area contributed by atoms with Crippen LogP contribution < -0.4 is 10.6 Å². The van der Waals surface area contributed by atoms with Gasteiger partial charge in [-0.2, -0.15) is 4.98 Å². The maximum absolute atomic E-state index is 15.2. The fourth-order valence-corrected chi connectivity index (χ4v) is 4.49. The lowest BCUT2D eigenvalue weighted by Crippen LogP contribution is -2.15. The van der Waals surface area contributed by atoms with Gasteiger partial charge >= 0.3 is 0 Å². The van der Waals surface area contributed by atoms with Gasteiger partial charge in [0.15, 0.2) is 5.82 Å². The summed E-state index contributed by atoms with van der Waals surface area (Å²) in [5.74, 6) is 1.20. The molecule has 0 amide bonds. The molecule has 0 radical (unpaired) electrons. The van der Waals surface area contributed by atoms with Gasteiger partial charge in [0.1, 0.15) is 12.1 Å². The first kappa shape index (κ1) is 24.8. The third-order valence-electron chi connectivity index (χ3n) is 6.99. The van der Waals surface area contributed by atoms with Gasteiger partial charge < -0.3 is 10.6 Å². The molecular formula is C29H31FN6O. The Morgan fingerprint density at radius 2 is 1.95 bits per heavy atom. The first-order valence-electron chi connectivity index (χ1n) is 12.7. The predicted octanol–water partition coefficient (Wildman–Crippen LogP) is 6.19. The topological polar surface area (TPSA) is 84.7 Å². The van der Waals surface area contributed by atoms with E-state index in [1.54, 1.807) is 16.9 Å². The van der Waals surface area contributed by atoms with Crippen molar-refractivity contribution in [2.75, 3.05) is 12.4 Å². The second-order valence-corrected chi connectivity index (χ2v) is 9.56. The van der Waals surface area contributed by atoms with E-state index in [0.29, 0.717) is 40.9 Å². The van der Waals surface area contributed by atoms with E-state index in [1.807, 2.05) is 58.2 Å². The van der Waals surface area contributed by atoms with Crippen molar-refractivity contribution in [1.82, 2.24) is 25.1 Å². The number of hydrogen-bond donors (Lipinski definition) is 2. The van der Waals surface area contributed by atoms with Gasteiger partial charge in [-0.1, -0.05) is 18.2 Å². The molecule has 37 heavy (non-hydrogen) atoms. The van der Waals surface area contributed by atoms with Gasteiger partial charge in [-0.05, 0) is 76.1 Å². The summed E-state index contributed by atoms with van der Waals surface area (Å²) in [6.07, 6.45) is 4.99. The maximum Gasteiger partial charge on any atom is 0.226 e. The van der Waals surface area contributed by atoms with Crippen LogP contribution in [-0.2, 0) is 6.54 Å². The van der Waals surface area contributed by atoms with Crippen LogP contribution in [0.5, 0.6) is 0 Å². The Balaban J connectivity index is 1.43. The zero-order valence-electron chi connectivity index (χ0n) is 21.5. The number of halogens is 1. The highest BCUT2D eigenvalue weighted by Crippen LogP contribution is 2.39. The molecule has 8 heteroatoms. The number of carbonyl (C=O) groups is 1. The summed E-state index contributed by atoms with van der Waals surface area (Å²) in [5, 5.41) is 11.2. The zero-order valence-corrected chi connectivity index (χ0v) is 21.5. The second kappa shape index (κ2) is 10.2. The number of aromatic nitrogens is 4. The largest absolute Gasteiger partial charge is 0.324 e. The lowest BCUT2D eigenvalue weighted by Gasteiger charge is -2.17. The fourth-order valence-electron chi connectivity index (χ4n) is 4.49. The van der Waals surface area contributed by atoms with Crippen molar-refractivity contribution in [1.29, 1.82) is 0 Å². The molecule has 2 aromatic carbocycles. The molecule has 0 saturated heterocycles. The Labute approximate surface area is 216 Å². The second-order valence-electron chi connectivity index (χ2n) is 9.56. The Hall–Kier alpha value is -3.91. The number of rotatable bonds is 9. The Morgan fingerprint density at radius 1 is 1.16 bits per heavy atom. The average molecular weight is 499 g/mol. The first-order valence-corrected chi connectivity index (χ1v) is 12.7. The molecule has 7 nitrogen and oxygen atoms in total. The van der Waals surface area contributed by atoms with Gasteiger partial charge in [0, 0.05) is 58.3 Å². The molecule has 4 aromatic rings. The lowest BCUT2D eigenvalue weighted by molar-refractivity contribution is 0.112. The van der Waals surface area contributed by atoms with E-state index < -0.39 is 0 Å². The number of aryl methyl sites for hydroxylation is 2. The van der Waals surface area contributed by atoms with Crippen molar-refractivity contribution in [2.24, 2.45) is 0 Å². The third-order valence-corrected chi connectivity index (χ3v) is 6.99. The summed E-state index contributed by atoms with van der Waals surface area (Å²) in [4.78, 5) is 20.8. The highest BCUT2D eigenvalue weighted by molar-refractivity contribution is 5.80. The molecule has 1 aliphatic rings. The predicted molar refractivity (Wildman–Crippen MR) is 144 cm³/mol. The highest BCUT2D eigenvalue weighted by Gasteiger charge is 2.24. The van der Waals surface area contributed by atoms with Gasteiger partial charge in [-0.25, -0.2) is 9.07 Å². The number of hydrogen-bond acceptors (Lipinski definition) is 6. The lowest BCUT2D eigenvalue weighted by atomic mass is 9.98. The average Bonchev–Trinajstić information content (AvgIpc) is 3.69. The molecule has 1 aliphatic carbocycles. The van der Waals surface area contributed by atoms with E-state index in [4.69, 9.17) is 0 Å².